The predicted molar refractivity (Wildman–Crippen MR) is 121 cm³/mol. The van der Waals surface area contributed by atoms with Crippen molar-refractivity contribution in [1.29, 1.82) is 0 Å². The molecule has 1 aromatic carbocycles. The molecule has 0 fully saturated rings. The number of carbonyl (C=O) groups is 1. The van der Waals surface area contributed by atoms with E-state index in [1.165, 1.54) is 11.8 Å². The Morgan fingerprint density at radius 2 is 2.13 bits per heavy atom. The number of fused-ring (bicyclic) bond motifs is 1. The fraction of sp³-hybridized carbons (Fsp3) is 0.348. The first-order valence-electron chi connectivity index (χ1n) is 10.3. The van der Waals surface area contributed by atoms with Crippen molar-refractivity contribution >= 4 is 23.4 Å². The molecule has 162 valence electrons. The third-order valence-electron chi connectivity index (χ3n) is 5.16. The third kappa shape index (κ3) is 4.85. The molecule has 1 unspecified atom stereocenters. The van der Waals surface area contributed by atoms with E-state index in [9.17, 15) is 4.79 Å². The van der Waals surface area contributed by atoms with Crippen LogP contribution in [0, 0.1) is 6.92 Å². The van der Waals surface area contributed by atoms with Crippen LogP contribution in [0.2, 0.25) is 0 Å². The topological polar surface area (TPSA) is 71.7 Å². The van der Waals surface area contributed by atoms with E-state index in [-0.39, 0.29) is 12.0 Å². The van der Waals surface area contributed by atoms with E-state index in [4.69, 9.17) is 9.26 Å². The number of likely N-dealkylation sites (N-methyl/N-ethyl adjacent to an activating group) is 2. The highest BCUT2D eigenvalue weighted by Gasteiger charge is 2.27. The van der Waals surface area contributed by atoms with Crippen LogP contribution in [0.5, 0.6) is 5.75 Å². The summed E-state index contributed by atoms with van der Waals surface area (Å²) in [5.74, 6) is 2.15. The number of amides is 1. The minimum Gasteiger partial charge on any atom is -0.485 e. The number of para-hydroxylation sites is 2. The lowest BCUT2D eigenvalue weighted by Crippen LogP contribution is -2.46. The van der Waals surface area contributed by atoms with E-state index in [0.717, 1.165) is 36.0 Å². The number of hydrogen-bond acceptors (Lipinski definition) is 7. The number of aromatic nitrogens is 2. The maximum absolute atomic E-state index is 13.2. The summed E-state index contributed by atoms with van der Waals surface area (Å²) < 4.78 is 11.3. The number of thioether (sulfide) groups is 1. The van der Waals surface area contributed by atoms with Gasteiger partial charge in [-0.3, -0.25) is 4.79 Å². The van der Waals surface area contributed by atoms with Gasteiger partial charge in [0.15, 0.2) is 0 Å². The van der Waals surface area contributed by atoms with Crippen molar-refractivity contribution in [3.63, 3.8) is 0 Å². The maximum Gasteiger partial charge on any atom is 0.256 e. The molecular weight excluding hydrogens is 412 g/mol. The number of benzene rings is 1. The van der Waals surface area contributed by atoms with Gasteiger partial charge in [-0.05, 0) is 38.1 Å². The van der Waals surface area contributed by atoms with Gasteiger partial charge in [0.1, 0.15) is 22.6 Å². The van der Waals surface area contributed by atoms with Gasteiger partial charge < -0.3 is 19.1 Å². The molecule has 2 aromatic heterocycles. The van der Waals surface area contributed by atoms with E-state index in [2.05, 4.69) is 28.0 Å². The molecule has 1 atom stereocenters. The van der Waals surface area contributed by atoms with Crippen molar-refractivity contribution in [2.45, 2.75) is 30.7 Å². The van der Waals surface area contributed by atoms with Crippen molar-refractivity contribution in [1.82, 2.24) is 15.0 Å². The van der Waals surface area contributed by atoms with Crippen molar-refractivity contribution < 1.29 is 14.1 Å². The number of aryl methyl sites for hydroxylation is 1. The molecule has 0 aliphatic carbocycles. The number of nitrogens with zero attached hydrogens (tertiary/aromatic N) is 4. The maximum atomic E-state index is 13.2. The summed E-state index contributed by atoms with van der Waals surface area (Å²) in [6, 6.07) is 13.5. The van der Waals surface area contributed by atoms with Crippen LogP contribution in [-0.2, 0) is 5.75 Å². The first-order chi connectivity index (χ1) is 15.0. The second kappa shape index (κ2) is 9.43. The monoisotopic (exact) mass is 438 g/mol. The fourth-order valence-corrected chi connectivity index (χ4v) is 4.53. The molecule has 1 aliphatic rings. The lowest BCUT2D eigenvalue weighted by Gasteiger charge is -2.37. The van der Waals surface area contributed by atoms with E-state index >= 15 is 0 Å². The van der Waals surface area contributed by atoms with E-state index in [1.54, 1.807) is 17.2 Å². The van der Waals surface area contributed by atoms with Gasteiger partial charge in [0.2, 0.25) is 0 Å². The van der Waals surface area contributed by atoms with Crippen molar-refractivity contribution in [2.75, 3.05) is 31.6 Å². The molecule has 0 bridgehead atoms. The average Bonchev–Trinajstić information content (AvgIpc) is 3.21. The van der Waals surface area contributed by atoms with Crippen LogP contribution >= 0.6 is 11.8 Å². The van der Waals surface area contributed by atoms with Crippen molar-refractivity contribution in [3.05, 3.63) is 65.7 Å². The normalized spacial score (nSPS) is 15.3. The van der Waals surface area contributed by atoms with Crippen LogP contribution in [0.15, 0.2) is 58.2 Å². The van der Waals surface area contributed by atoms with Gasteiger partial charge in [0, 0.05) is 31.6 Å². The first-order valence-corrected chi connectivity index (χ1v) is 11.3. The van der Waals surface area contributed by atoms with Crippen LogP contribution < -0.4 is 9.64 Å². The Balaban J connectivity index is 1.44. The Kier molecular flexibility index (Phi) is 6.46. The van der Waals surface area contributed by atoms with Gasteiger partial charge in [-0.1, -0.05) is 29.1 Å². The predicted octanol–water partition coefficient (Wildman–Crippen LogP) is 4.03. The summed E-state index contributed by atoms with van der Waals surface area (Å²) in [5.41, 5.74) is 2.51. The van der Waals surface area contributed by atoms with Crippen molar-refractivity contribution in [2.24, 2.45) is 0 Å². The minimum absolute atomic E-state index is 0.0718. The first kappa shape index (κ1) is 21.2. The number of ether oxygens (including phenoxy) is 1. The van der Waals surface area contributed by atoms with Gasteiger partial charge in [-0.15, -0.1) is 0 Å². The zero-order valence-electron chi connectivity index (χ0n) is 17.9. The smallest absolute Gasteiger partial charge is 0.256 e. The Bertz CT molecular complexity index is 1050. The lowest BCUT2D eigenvalue weighted by molar-refractivity contribution is 0.0705. The molecule has 1 aliphatic heterocycles. The summed E-state index contributed by atoms with van der Waals surface area (Å²) in [6.07, 6.45) is 1.60. The Labute approximate surface area is 186 Å². The van der Waals surface area contributed by atoms with Crippen molar-refractivity contribution in [3.8, 4) is 5.75 Å². The van der Waals surface area contributed by atoms with E-state index < -0.39 is 0 Å². The molecule has 0 N–H and O–H groups in total. The van der Waals surface area contributed by atoms with E-state index in [0.29, 0.717) is 22.9 Å². The van der Waals surface area contributed by atoms with Gasteiger partial charge in [0.25, 0.3) is 5.91 Å². The molecule has 8 heteroatoms. The van der Waals surface area contributed by atoms with Gasteiger partial charge in [0.05, 0.1) is 30.0 Å². The van der Waals surface area contributed by atoms with Gasteiger partial charge >= 0.3 is 0 Å². The Hall–Kier alpha value is -3.00. The lowest BCUT2D eigenvalue weighted by atomic mass is 10.1. The van der Waals surface area contributed by atoms with E-state index in [1.807, 2.05) is 44.3 Å². The SMILES string of the molecule is CCN1CC(CN(C)C(=O)c2cccnc2SCc2cc(C)on2)Oc2ccccc21. The van der Waals surface area contributed by atoms with Crippen LogP contribution in [0.4, 0.5) is 5.69 Å². The highest BCUT2D eigenvalue weighted by Crippen LogP contribution is 2.33. The largest absolute Gasteiger partial charge is 0.485 e. The summed E-state index contributed by atoms with van der Waals surface area (Å²) in [5, 5.41) is 4.70. The zero-order chi connectivity index (χ0) is 21.8. The average molecular weight is 439 g/mol. The summed E-state index contributed by atoms with van der Waals surface area (Å²) in [4.78, 5) is 21.6. The number of carbonyl (C=O) groups excluding carboxylic acids is 1. The quantitative estimate of drug-likeness (QED) is 0.516. The number of hydrogen-bond donors (Lipinski definition) is 0. The molecule has 7 nitrogen and oxygen atoms in total. The molecule has 0 spiro atoms. The standard InChI is InChI=1S/C23H26N4O3S/c1-4-27-14-18(29-21-10-6-5-9-20(21)27)13-26(3)23(28)19-8-7-11-24-22(19)31-15-17-12-16(2)30-25-17/h5-12,18H,4,13-15H2,1-3H3. The highest BCUT2D eigenvalue weighted by atomic mass is 32.2. The molecule has 1 amide bonds. The van der Waals surface area contributed by atoms with Crippen LogP contribution in [0.3, 0.4) is 0 Å². The molecule has 0 saturated heterocycles. The van der Waals surface area contributed by atoms with Crippen LogP contribution in [0.1, 0.15) is 28.7 Å². The number of pyridine rings is 1. The fourth-order valence-electron chi connectivity index (χ4n) is 3.66. The Morgan fingerprint density at radius 3 is 2.90 bits per heavy atom. The summed E-state index contributed by atoms with van der Waals surface area (Å²) in [6.45, 7) is 6.11. The molecular formula is C23H26N4O3S. The zero-order valence-corrected chi connectivity index (χ0v) is 18.8. The third-order valence-corrected chi connectivity index (χ3v) is 6.20. The molecule has 3 heterocycles. The molecule has 4 rings (SSSR count). The molecule has 0 saturated carbocycles. The molecule has 31 heavy (non-hydrogen) atoms. The summed E-state index contributed by atoms with van der Waals surface area (Å²) >= 11 is 1.48. The van der Waals surface area contributed by atoms with Gasteiger partial charge in [-0.2, -0.15) is 0 Å². The minimum atomic E-state index is -0.102. The second-order valence-corrected chi connectivity index (χ2v) is 8.47. The van der Waals surface area contributed by atoms with Crippen LogP contribution in [0.25, 0.3) is 0 Å². The summed E-state index contributed by atoms with van der Waals surface area (Å²) in [7, 11) is 1.81. The highest BCUT2D eigenvalue weighted by molar-refractivity contribution is 7.98. The Morgan fingerprint density at radius 1 is 1.29 bits per heavy atom. The second-order valence-electron chi connectivity index (χ2n) is 7.51. The molecule has 0 radical (unpaired) electrons. The van der Waals surface area contributed by atoms with Crippen LogP contribution in [-0.4, -0.2) is 53.7 Å². The number of rotatable bonds is 7. The van der Waals surface area contributed by atoms with Gasteiger partial charge in [-0.25, -0.2) is 4.98 Å². The molecule has 3 aromatic rings. The number of anilines is 1.